The molecule has 0 bridgehead atoms. The molecule has 0 atom stereocenters. The molecule has 0 fully saturated rings. The number of terminal acetylenes is 1. The zero-order valence-corrected chi connectivity index (χ0v) is 18.4. The molecular formula is C26H21ClO5. The Morgan fingerprint density at radius 3 is 2.09 bits per heavy atom. The Morgan fingerprint density at radius 2 is 1.56 bits per heavy atom. The smallest absolute Gasteiger partial charge is 0.325 e. The van der Waals surface area contributed by atoms with Gasteiger partial charge in [-0.15, -0.1) is 12.3 Å². The number of benzene rings is 2. The Balaban J connectivity index is 2.50. The molecule has 0 heterocycles. The van der Waals surface area contributed by atoms with Crippen molar-refractivity contribution in [3.05, 3.63) is 76.3 Å². The zero-order valence-electron chi connectivity index (χ0n) is 17.7. The minimum atomic E-state index is -1.79. The molecule has 0 aliphatic carbocycles. The third kappa shape index (κ3) is 5.88. The summed E-state index contributed by atoms with van der Waals surface area (Å²) in [6.45, 7) is 0. The van der Waals surface area contributed by atoms with Crippen LogP contribution < -0.4 is 0 Å². The molecule has 2 rings (SSSR count). The number of hydrogen-bond acceptors (Lipinski definition) is 5. The fourth-order valence-electron chi connectivity index (χ4n) is 2.92. The van der Waals surface area contributed by atoms with Crippen molar-refractivity contribution in [1.29, 1.82) is 0 Å². The maximum Gasteiger partial charge on any atom is 0.325 e. The molecule has 5 nitrogen and oxygen atoms in total. The standard InChI is InChI=1S/C26H21ClO5/c1-4-16-26(24(29)31-2,25(30)32-3)17-8-11-21(18-19-9-6-5-7-10-19)23(28)20-12-14-22(27)15-13-20/h1,5-7,9-10,12-15,18H,16-17H2,2-3H3/b21-18+. The first kappa shape index (κ1) is 24.5. The second-order valence-corrected chi connectivity index (χ2v) is 7.17. The second-order valence-electron chi connectivity index (χ2n) is 6.73. The molecule has 6 heteroatoms. The summed E-state index contributed by atoms with van der Waals surface area (Å²) in [5.41, 5.74) is -0.466. The van der Waals surface area contributed by atoms with Gasteiger partial charge in [-0.05, 0) is 35.9 Å². The minimum absolute atomic E-state index is 0.169. The van der Waals surface area contributed by atoms with Gasteiger partial charge < -0.3 is 9.47 Å². The lowest BCUT2D eigenvalue weighted by Crippen LogP contribution is -2.40. The molecule has 0 amide bonds. The predicted octanol–water partition coefficient (Wildman–Crippen LogP) is 4.36. The van der Waals surface area contributed by atoms with E-state index in [4.69, 9.17) is 27.5 Å². The normalized spacial score (nSPS) is 10.9. The van der Waals surface area contributed by atoms with Crippen LogP contribution in [0.4, 0.5) is 0 Å². The van der Waals surface area contributed by atoms with E-state index in [2.05, 4.69) is 17.8 Å². The SMILES string of the molecule is C#CCC(CC#C/C(=C\c1ccccc1)C(=O)c1ccc(Cl)cc1)(C(=O)OC)C(=O)OC. The van der Waals surface area contributed by atoms with Gasteiger partial charge in [0.15, 0.2) is 5.41 Å². The van der Waals surface area contributed by atoms with Crippen LogP contribution in [0.25, 0.3) is 6.08 Å². The van der Waals surface area contributed by atoms with Gasteiger partial charge >= 0.3 is 11.9 Å². The van der Waals surface area contributed by atoms with Crippen molar-refractivity contribution in [2.75, 3.05) is 14.2 Å². The lowest BCUT2D eigenvalue weighted by molar-refractivity contribution is -0.168. The molecule has 0 unspecified atom stereocenters. The number of allylic oxidation sites excluding steroid dienone is 1. The Morgan fingerprint density at radius 1 is 0.969 bits per heavy atom. The molecule has 0 radical (unpaired) electrons. The van der Waals surface area contributed by atoms with Crippen LogP contribution in [-0.4, -0.2) is 31.9 Å². The number of Topliss-reactive ketones (excluding diaryl/α,β-unsaturated/α-hetero) is 1. The molecule has 32 heavy (non-hydrogen) atoms. The monoisotopic (exact) mass is 448 g/mol. The van der Waals surface area contributed by atoms with Gasteiger partial charge in [0.25, 0.3) is 0 Å². The second kappa shape index (κ2) is 11.6. The van der Waals surface area contributed by atoms with Crippen LogP contribution in [-0.2, 0) is 19.1 Å². The number of carbonyl (C=O) groups is 3. The van der Waals surface area contributed by atoms with Gasteiger partial charge in [-0.3, -0.25) is 14.4 Å². The third-order valence-electron chi connectivity index (χ3n) is 4.63. The highest BCUT2D eigenvalue weighted by atomic mass is 35.5. The molecule has 0 spiro atoms. The van der Waals surface area contributed by atoms with Gasteiger partial charge in [0.1, 0.15) is 0 Å². The van der Waals surface area contributed by atoms with Crippen molar-refractivity contribution in [1.82, 2.24) is 0 Å². The van der Waals surface area contributed by atoms with E-state index in [9.17, 15) is 14.4 Å². The van der Waals surface area contributed by atoms with Crippen LogP contribution in [0.1, 0.15) is 28.8 Å². The molecule has 0 aromatic heterocycles. The van der Waals surface area contributed by atoms with Crippen LogP contribution in [0.3, 0.4) is 0 Å². The zero-order chi connectivity index (χ0) is 23.6. The minimum Gasteiger partial charge on any atom is -0.468 e. The lowest BCUT2D eigenvalue weighted by atomic mass is 9.81. The van der Waals surface area contributed by atoms with Gasteiger partial charge in [0, 0.05) is 23.4 Å². The number of halogens is 1. The summed E-state index contributed by atoms with van der Waals surface area (Å²) >= 11 is 5.92. The van der Waals surface area contributed by atoms with Crippen LogP contribution in [0.5, 0.6) is 0 Å². The predicted molar refractivity (Wildman–Crippen MR) is 123 cm³/mol. The van der Waals surface area contributed by atoms with E-state index in [1.807, 2.05) is 30.3 Å². The Bertz CT molecular complexity index is 1100. The first-order valence-electron chi connectivity index (χ1n) is 9.54. The average Bonchev–Trinajstić information content (AvgIpc) is 2.82. The van der Waals surface area contributed by atoms with Crippen molar-refractivity contribution in [3.8, 4) is 24.2 Å². The van der Waals surface area contributed by atoms with E-state index in [1.165, 1.54) is 0 Å². The number of methoxy groups -OCH3 is 2. The van der Waals surface area contributed by atoms with Crippen molar-refractivity contribution >= 4 is 35.4 Å². The summed E-state index contributed by atoms with van der Waals surface area (Å²) in [4.78, 5) is 37.9. The molecule has 2 aromatic rings. The summed E-state index contributed by atoms with van der Waals surface area (Å²) < 4.78 is 9.55. The summed E-state index contributed by atoms with van der Waals surface area (Å²) in [5, 5.41) is 0.497. The molecule has 0 aliphatic heterocycles. The fraction of sp³-hybridized carbons (Fsp3) is 0.192. The van der Waals surface area contributed by atoms with E-state index < -0.39 is 17.4 Å². The van der Waals surface area contributed by atoms with Gasteiger partial charge in [-0.1, -0.05) is 53.8 Å². The van der Waals surface area contributed by atoms with Crippen molar-refractivity contribution in [3.63, 3.8) is 0 Å². The highest BCUT2D eigenvalue weighted by Crippen LogP contribution is 2.30. The molecular weight excluding hydrogens is 428 g/mol. The van der Waals surface area contributed by atoms with E-state index in [-0.39, 0.29) is 24.2 Å². The van der Waals surface area contributed by atoms with Crippen molar-refractivity contribution in [2.45, 2.75) is 12.8 Å². The average molecular weight is 449 g/mol. The first-order chi connectivity index (χ1) is 15.4. The van der Waals surface area contributed by atoms with Gasteiger partial charge in [0.05, 0.1) is 19.8 Å². The summed E-state index contributed by atoms with van der Waals surface area (Å²) in [5.74, 6) is 5.82. The molecule has 2 aromatic carbocycles. The summed E-state index contributed by atoms with van der Waals surface area (Å²) in [7, 11) is 2.30. The van der Waals surface area contributed by atoms with Crippen LogP contribution in [0.2, 0.25) is 5.02 Å². The lowest BCUT2D eigenvalue weighted by Gasteiger charge is -2.23. The molecule has 0 N–H and O–H groups in total. The van der Waals surface area contributed by atoms with Crippen LogP contribution in [0.15, 0.2) is 60.2 Å². The Kier molecular flexibility index (Phi) is 8.83. The quantitative estimate of drug-likeness (QED) is 0.207. The number of ether oxygens (including phenoxy) is 2. The summed E-state index contributed by atoms with van der Waals surface area (Å²) in [6.07, 6.45) is 6.47. The van der Waals surface area contributed by atoms with E-state index in [0.29, 0.717) is 10.6 Å². The molecule has 0 saturated carbocycles. The topological polar surface area (TPSA) is 69.7 Å². The van der Waals surface area contributed by atoms with Gasteiger partial charge in [-0.2, -0.15) is 0 Å². The maximum absolute atomic E-state index is 13.1. The Hall–Kier alpha value is -3.80. The number of carbonyl (C=O) groups excluding carboxylic acids is 3. The molecule has 0 aliphatic rings. The highest BCUT2D eigenvalue weighted by Gasteiger charge is 2.47. The number of rotatable bonds is 7. The van der Waals surface area contributed by atoms with E-state index in [1.54, 1.807) is 30.3 Å². The van der Waals surface area contributed by atoms with Crippen molar-refractivity contribution < 1.29 is 23.9 Å². The Labute approximate surface area is 192 Å². The van der Waals surface area contributed by atoms with Crippen LogP contribution in [0, 0.1) is 29.6 Å². The van der Waals surface area contributed by atoms with Crippen LogP contribution >= 0.6 is 11.6 Å². The summed E-state index contributed by atoms with van der Waals surface area (Å²) in [6, 6.07) is 15.6. The number of hydrogen-bond donors (Lipinski definition) is 0. The molecule has 0 saturated heterocycles. The first-order valence-corrected chi connectivity index (χ1v) is 9.92. The van der Waals surface area contributed by atoms with Gasteiger partial charge in [-0.25, -0.2) is 0 Å². The maximum atomic E-state index is 13.1. The van der Waals surface area contributed by atoms with Gasteiger partial charge in [0.2, 0.25) is 5.78 Å². The fourth-order valence-corrected chi connectivity index (χ4v) is 3.05. The third-order valence-corrected chi connectivity index (χ3v) is 4.88. The van der Waals surface area contributed by atoms with E-state index >= 15 is 0 Å². The van der Waals surface area contributed by atoms with Crippen molar-refractivity contribution in [2.24, 2.45) is 5.41 Å². The van der Waals surface area contributed by atoms with E-state index in [0.717, 1.165) is 19.8 Å². The number of esters is 2. The largest absolute Gasteiger partial charge is 0.468 e. The number of ketones is 1. The molecule has 162 valence electrons. The highest BCUT2D eigenvalue weighted by molar-refractivity contribution is 6.30.